The minimum atomic E-state index is 0.813. The van der Waals surface area contributed by atoms with Gasteiger partial charge in [-0.05, 0) is 12.1 Å². The smallest absolute Gasteiger partial charge is 0.113 e. The van der Waals surface area contributed by atoms with Gasteiger partial charge in [-0.3, -0.25) is 0 Å². The lowest BCUT2D eigenvalue weighted by Gasteiger charge is -1.98. The molecule has 0 fully saturated rings. The Balaban J connectivity index is 2.63. The van der Waals surface area contributed by atoms with Crippen LogP contribution in [-0.4, -0.2) is 12.4 Å². The van der Waals surface area contributed by atoms with Crippen molar-refractivity contribution in [2.24, 2.45) is 7.05 Å². The fourth-order valence-electron chi connectivity index (χ4n) is 2.18. The molecule has 3 aromatic rings. The maximum Gasteiger partial charge on any atom is 0.113 e. The molecule has 0 aliphatic heterocycles. The highest BCUT2D eigenvalue weighted by molar-refractivity contribution is 6.33. The second-order valence-corrected chi connectivity index (χ2v) is 3.85. The van der Waals surface area contributed by atoms with Crippen LogP contribution in [-0.2, 0) is 7.05 Å². The van der Waals surface area contributed by atoms with E-state index in [1.165, 1.54) is 21.8 Å². The number of fused-ring (bicyclic) bond motifs is 3. The predicted octanol–water partition coefficient (Wildman–Crippen LogP) is 2.13. The van der Waals surface area contributed by atoms with Crippen LogP contribution >= 0.6 is 0 Å². The highest BCUT2D eigenvalue weighted by Crippen LogP contribution is 2.26. The number of hydrogen-bond acceptors (Lipinski definition) is 0. The first kappa shape index (κ1) is 8.60. The third kappa shape index (κ3) is 1.11. The summed E-state index contributed by atoms with van der Waals surface area (Å²) in [5.41, 5.74) is 3.25. The quantitative estimate of drug-likeness (QED) is 0.479. The van der Waals surface area contributed by atoms with Crippen molar-refractivity contribution in [2.45, 2.75) is 0 Å². The Hall–Kier alpha value is -1.70. The highest BCUT2D eigenvalue weighted by atomic mass is 14.9. The molecule has 1 aromatic heterocycles. The number of rotatable bonds is 0. The number of hydrogen-bond donors (Lipinski definition) is 0. The van der Waals surface area contributed by atoms with Gasteiger partial charge in [-0.25, -0.2) is 0 Å². The summed E-state index contributed by atoms with van der Waals surface area (Å²) in [6, 6.07) is 14.5. The standard InChI is InChI=1S/C13H10BN/c1-15-12-5-3-2-4-10(12)11-7-6-9(14)8-13(11)15/h2-8H,1H3. The summed E-state index contributed by atoms with van der Waals surface area (Å²) < 4.78 is 2.18. The highest BCUT2D eigenvalue weighted by Gasteiger charge is 2.06. The molecule has 0 aliphatic rings. The molecular weight excluding hydrogens is 181 g/mol. The minimum absolute atomic E-state index is 0.813. The third-order valence-corrected chi connectivity index (χ3v) is 2.94. The Morgan fingerprint density at radius 1 is 0.933 bits per heavy atom. The normalized spacial score (nSPS) is 11.3. The number of benzene rings is 2. The van der Waals surface area contributed by atoms with E-state index in [-0.39, 0.29) is 0 Å². The molecule has 2 aromatic carbocycles. The molecule has 70 valence electrons. The molecule has 2 heteroatoms. The van der Waals surface area contributed by atoms with Crippen LogP contribution in [0.3, 0.4) is 0 Å². The first-order valence-corrected chi connectivity index (χ1v) is 5.00. The lowest BCUT2D eigenvalue weighted by atomic mass is 9.95. The summed E-state index contributed by atoms with van der Waals surface area (Å²) >= 11 is 0. The summed E-state index contributed by atoms with van der Waals surface area (Å²) in [4.78, 5) is 0. The lowest BCUT2D eigenvalue weighted by Crippen LogP contribution is -2.00. The van der Waals surface area contributed by atoms with E-state index >= 15 is 0 Å². The summed E-state index contributed by atoms with van der Waals surface area (Å²) in [5, 5.41) is 2.55. The molecule has 0 spiro atoms. The Morgan fingerprint density at radius 2 is 1.67 bits per heavy atom. The minimum Gasteiger partial charge on any atom is -0.344 e. The van der Waals surface area contributed by atoms with E-state index in [2.05, 4.69) is 41.9 Å². The average Bonchev–Trinajstić information content (AvgIpc) is 2.54. The van der Waals surface area contributed by atoms with Crippen molar-refractivity contribution in [1.82, 2.24) is 4.57 Å². The van der Waals surface area contributed by atoms with Crippen molar-refractivity contribution in [3.63, 3.8) is 0 Å². The Morgan fingerprint density at radius 3 is 2.53 bits per heavy atom. The van der Waals surface area contributed by atoms with Crippen LogP contribution in [0.4, 0.5) is 0 Å². The molecule has 0 aliphatic carbocycles. The SMILES string of the molecule is [B]c1ccc2c3ccccc3n(C)c2c1. The summed E-state index contributed by atoms with van der Waals surface area (Å²) in [6.07, 6.45) is 0. The van der Waals surface area contributed by atoms with Crippen molar-refractivity contribution in [2.75, 3.05) is 0 Å². The molecule has 2 radical (unpaired) electrons. The first-order valence-electron chi connectivity index (χ1n) is 5.00. The average molecular weight is 191 g/mol. The van der Waals surface area contributed by atoms with E-state index in [1.807, 2.05) is 12.1 Å². The summed E-state index contributed by atoms with van der Waals surface area (Å²) in [7, 11) is 7.87. The largest absolute Gasteiger partial charge is 0.344 e. The van der Waals surface area contributed by atoms with E-state index in [9.17, 15) is 0 Å². The van der Waals surface area contributed by atoms with Crippen LogP contribution in [0.1, 0.15) is 0 Å². The molecule has 3 rings (SSSR count). The van der Waals surface area contributed by atoms with Crippen LogP contribution in [0.2, 0.25) is 0 Å². The molecule has 1 nitrogen and oxygen atoms in total. The molecule has 0 amide bonds. The third-order valence-electron chi connectivity index (χ3n) is 2.94. The molecule has 15 heavy (non-hydrogen) atoms. The van der Waals surface area contributed by atoms with Gasteiger partial charge in [0, 0.05) is 28.9 Å². The summed E-state index contributed by atoms with van der Waals surface area (Å²) in [5.74, 6) is 0. The van der Waals surface area contributed by atoms with Crippen LogP contribution in [0, 0.1) is 0 Å². The monoisotopic (exact) mass is 191 g/mol. The number of aromatic nitrogens is 1. The second-order valence-electron chi connectivity index (χ2n) is 3.85. The molecule has 1 heterocycles. The molecule has 0 unspecified atom stereocenters. The molecule has 0 saturated heterocycles. The molecule has 0 bridgehead atoms. The maximum atomic E-state index is 5.80. The maximum absolute atomic E-state index is 5.80. The number of aryl methyl sites for hydroxylation is 1. The van der Waals surface area contributed by atoms with E-state index in [4.69, 9.17) is 7.85 Å². The van der Waals surface area contributed by atoms with Crippen molar-refractivity contribution in [1.29, 1.82) is 0 Å². The van der Waals surface area contributed by atoms with Crippen molar-refractivity contribution in [3.8, 4) is 0 Å². The molecular formula is C13H10BN. The van der Waals surface area contributed by atoms with Crippen molar-refractivity contribution in [3.05, 3.63) is 42.5 Å². The van der Waals surface area contributed by atoms with Gasteiger partial charge in [0.15, 0.2) is 0 Å². The zero-order valence-corrected chi connectivity index (χ0v) is 8.57. The van der Waals surface area contributed by atoms with Gasteiger partial charge < -0.3 is 4.57 Å². The van der Waals surface area contributed by atoms with E-state index in [0.717, 1.165) is 5.46 Å². The van der Waals surface area contributed by atoms with Crippen molar-refractivity contribution < 1.29 is 0 Å². The first-order chi connectivity index (χ1) is 7.27. The Bertz CT molecular complexity index is 652. The van der Waals surface area contributed by atoms with E-state index in [1.54, 1.807) is 0 Å². The topological polar surface area (TPSA) is 4.93 Å². The van der Waals surface area contributed by atoms with Gasteiger partial charge >= 0.3 is 0 Å². The van der Waals surface area contributed by atoms with Crippen LogP contribution in [0.5, 0.6) is 0 Å². The van der Waals surface area contributed by atoms with Gasteiger partial charge in [0.2, 0.25) is 0 Å². The zero-order valence-electron chi connectivity index (χ0n) is 8.57. The second kappa shape index (κ2) is 2.90. The van der Waals surface area contributed by atoms with E-state index in [0.29, 0.717) is 0 Å². The summed E-state index contributed by atoms with van der Waals surface area (Å²) in [6.45, 7) is 0. The Kier molecular flexibility index (Phi) is 1.66. The predicted molar refractivity (Wildman–Crippen MR) is 65.8 cm³/mol. The van der Waals surface area contributed by atoms with Gasteiger partial charge in [0.05, 0.1) is 0 Å². The molecule has 0 saturated carbocycles. The van der Waals surface area contributed by atoms with Gasteiger partial charge in [-0.1, -0.05) is 35.8 Å². The van der Waals surface area contributed by atoms with Gasteiger partial charge in [0.25, 0.3) is 0 Å². The molecule has 0 atom stereocenters. The van der Waals surface area contributed by atoms with E-state index < -0.39 is 0 Å². The fourth-order valence-corrected chi connectivity index (χ4v) is 2.18. The Labute approximate surface area is 89.7 Å². The van der Waals surface area contributed by atoms with Gasteiger partial charge in [0.1, 0.15) is 7.85 Å². The van der Waals surface area contributed by atoms with Gasteiger partial charge in [-0.2, -0.15) is 0 Å². The number of nitrogens with zero attached hydrogens (tertiary/aromatic N) is 1. The van der Waals surface area contributed by atoms with Crippen LogP contribution in [0.25, 0.3) is 21.8 Å². The zero-order chi connectivity index (χ0) is 10.4. The van der Waals surface area contributed by atoms with Crippen LogP contribution in [0.15, 0.2) is 42.5 Å². The van der Waals surface area contributed by atoms with Crippen LogP contribution < -0.4 is 5.46 Å². The number of para-hydroxylation sites is 1. The molecule has 0 N–H and O–H groups in total. The van der Waals surface area contributed by atoms with Gasteiger partial charge in [-0.15, -0.1) is 0 Å². The lowest BCUT2D eigenvalue weighted by molar-refractivity contribution is 1.01. The van der Waals surface area contributed by atoms with Crippen molar-refractivity contribution >= 4 is 35.1 Å². The fraction of sp³-hybridized carbons (Fsp3) is 0.0769.